The Bertz CT molecular complexity index is 733. The van der Waals surface area contributed by atoms with Crippen LogP contribution in [0.4, 0.5) is 11.4 Å². The molecule has 0 saturated heterocycles. The summed E-state index contributed by atoms with van der Waals surface area (Å²) >= 11 is 6.04. The third kappa shape index (κ3) is 2.35. The quantitative estimate of drug-likeness (QED) is 0.708. The monoisotopic (exact) mass is 307 g/mol. The Labute approximate surface area is 122 Å². The van der Waals surface area contributed by atoms with E-state index in [4.69, 9.17) is 11.6 Å². The van der Waals surface area contributed by atoms with Gasteiger partial charge in [0, 0.05) is 0 Å². The predicted molar refractivity (Wildman–Crippen MR) is 80.6 cm³/mol. The van der Waals surface area contributed by atoms with Crippen LogP contribution in [0.5, 0.6) is 5.75 Å². The summed E-state index contributed by atoms with van der Waals surface area (Å²) in [5.74, 6) is 0.287. The lowest BCUT2D eigenvalue weighted by Gasteiger charge is -2.19. The normalized spacial score (nSPS) is 16.9. The van der Waals surface area contributed by atoms with Crippen molar-refractivity contribution >= 4 is 39.9 Å². The Morgan fingerprint density at radius 1 is 1.20 bits per heavy atom. The number of guanidine groups is 1. The predicted octanol–water partition coefficient (Wildman–Crippen LogP) is 2.96. The largest absolute Gasteiger partial charge is 0.506 e. The van der Waals surface area contributed by atoms with Gasteiger partial charge in [-0.05, 0) is 24.3 Å². The minimum absolute atomic E-state index is 0.0178. The first-order valence-electron chi connectivity index (χ1n) is 5.76. The smallest absolute Gasteiger partial charge is 0.215 e. The Hall–Kier alpha value is -2.05. The van der Waals surface area contributed by atoms with E-state index in [1.165, 1.54) is 6.07 Å². The molecule has 102 valence electrons. The number of para-hydroxylation sites is 2. The molecule has 3 rings (SSSR count). The first kappa shape index (κ1) is 13.0. The summed E-state index contributed by atoms with van der Waals surface area (Å²) in [5.41, 5.74) is 1.02. The minimum Gasteiger partial charge on any atom is -0.506 e. The van der Waals surface area contributed by atoms with Crippen molar-refractivity contribution in [3.8, 4) is 5.75 Å². The highest BCUT2D eigenvalue weighted by Crippen LogP contribution is 2.33. The van der Waals surface area contributed by atoms with Gasteiger partial charge in [-0.15, -0.1) is 4.40 Å². The summed E-state index contributed by atoms with van der Waals surface area (Å²) in [6.45, 7) is 0. The fourth-order valence-electron chi connectivity index (χ4n) is 1.81. The molecule has 0 radical (unpaired) electrons. The molecule has 1 aliphatic heterocycles. The van der Waals surface area contributed by atoms with Crippen LogP contribution in [-0.2, 0) is 11.0 Å². The molecule has 0 spiro atoms. The molecular weight excluding hydrogens is 298 g/mol. The maximum atomic E-state index is 12.0. The minimum atomic E-state index is -1.58. The molecule has 0 bridgehead atoms. The number of nitrogens with one attached hydrogen (secondary N) is 2. The fraction of sp³-hybridized carbons (Fsp3) is 0. The Balaban J connectivity index is 1.93. The summed E-state index contributed by atoms with van der Waals surface area (Å²) in [5, 5.41) is 16.2. The van der Waals surface area contributed by atoms with Gasteiger partial charge in [-0.2, -0.15) is 0 Å². The van der Waals surface area contributed by atoms with Crippen molar-refractivity contribution in [2.24, 2.45) is 4.40 Å². The molecule has 1 atom stereocenters. The van der Waals surface area contributed by atoms with Gasteiger partial charge in [-0.25, -0.2) is 4.21 Å². The SMILES string of the molecule is O=S1N=C(Nc2ccccc2Cl)Nc2c(O)cccc21. The van der Waals surface area contributed by atoms with Crippen molar-refractivity contribution in [2.45, 2.75) is 4.90 Å². The van der Waals surface area contributed by atoms with E-state index in [2.05, 4.69) is 15.0 Å². The van der Waals surface area contributed by atoms with Gasteiger partial charge in [0.2, 0.25) is 5.96 Å². The number of hydrogen-bond acceptors (Lipinski definition) is 4. The molecule has 2 aromatic carbocycles. The molecule has 0 amide bonds. The van der Waals surface area contributed by atoms with Crippen LogP contribution in [0, 0.1) is 0 Å². The zero-order valence-electron chi connectivity index (χ0n) is 10.1. The highest BCUT2D eigenvalue weighted by Gasteiger charge is 2.21. The molecule has 2 aromatic rings. The second-order valence-corrected chi connectivity index (χ2v) is 5.60. The number of benzene rings is 2. The van der Waals surface area contributed by atoms with E-state index < -0.39 is 11.0 Å². The number of fused-ring (bicyclic) bond motifs is 1. The zero-order valence-corrected chi connectivity index (χ0v) is 11.7. The van der Waals surface area contributed by atoms with Crippen LogP contribution >= 0.6 is 11.6 Å². The number of anilines is 2. The summed E-state index contributed by atoms with van der Waals surface area (Å²) in [6, 6.07) is 11.9. The maximum Gasteiger partial charge on any atom is 0.215 e. The van der Waals surface area contributed by atoms with E-state index in [0.717, 1.165) is 0 Å². The lowest BCUT2D eigenvalue weighted by molar-refractivity contribution is 0.476. The van der Waals surface area contributed by atoms with E-state index in [1.807, 2.05) is 12.1 Å². The second-order valence-electron chi connectivity index (χ2n) is 4.07. The number of nitrogens with zero attached hydrogens (tertiary/aromatic N) is 1. The lowest BCUT2D eigenvalue weighted by Crippen LogP contribution is -2.26. The first-order valence-corrected chi connectivity index (χ1v) is 7.25. The number of phenols is 1. The molecule has 7 heteroatoms. The summed E-state index contributed by atoms with van der Waals surface area (Å²) < 4.78 is 16.0. The van der Waals surface area contributed by atoms with Gasteiger partial charge < -0.3 is 15.7 Å². The van der Waals surface area contributed by atoms with Gasteiger partial charge >= 0.3 is 0 Å². The molecule has 0 saturated carbocycles. The summed E-state index contributed by atoms with van der Waals surface area (Å²) in [6.07, 6.45) is 0. The van der Waals surface area contributed by atoms with Gasteiger partial charge in [0.15, 0.2) is 11.0 Å². The van der Waals surface area contributed by atoms with Gasteiger partial charge in [-0.3, -0.25) is 0 Å². The third-order valence-electron chi connectivity index (χ3n) is 2.74. The molecular formula is C13H10ClN3O2S. The molecule has 5 nitrogen and oxygen atoms in total. The summed E-state index contributed by atoms with van der Waals surface area (Å²) in [7, 11) is -1.58. The van der Waals surface area contributed by atoms with Gasteiger partial charge in [0.05, 0.1) is 15.6 Å². The molecule has 1 heterocycles. The highest BCUT2D eigenvalue weighted by molar-refractivity contribution is 7.84. The average molecular weight is 308 g/mol. The summed E-state index contributed by atoms with van der Waals surface area (Å²) in [4.78, 5) is 0.440. The van der Waals surface area contributed by atoms with Crippen molar-refractivity contribution in [1.82, 2.24) is 0 Å². The van der Waals surface area contributed by atoms with Crippen molar-refractivity contribution in [3.05, 3.63) is 47.5 Å². The fourth-order valence-corrected chi connectivity index (χ4v) is 2.87. The molecule has 0 aliphatic carbocycles. The molecule has 1 aliphatic rings. The van der Waals surface area contributed by atoms with Crippen molar-refractivity contribution in [2.75, 3.05) is 10.6 Å². The second kappa shape index (κ2) is 5.15. The number of hydrogen-bond donors (Lipinski definition) is 3. The van der Waals surface area contributed by atoms with Crippen LogP contribution in [-0.4, -0.2) is 15.3 Å². The maximum absolute atomic E-state index is 12.0. The van der Waals surface area contributed by atoms with Crippen molar-refractivity contribution < 1.29 is 9.32 Å². The van der Waals surface area contributed by atoms with Gasteiger partial charge in [0.25, 0.3) is 0 Å². The standard InChI is InChI=1S/C13H10ClN3O2S/c14-8-4-1-2-5-9(8)15-13-16-12-10(18)6-3-7-11(12)20(19)17-13/h1-7,18H,(H2,15,16,17). The van der Waals surface area contributed by atoms with E-state index >= 15 is 0 Å². The van der Waals surface area contributed by atoms with E-state index in [0.29, 0.717) is 21.3 Å². The number of phenolic OH excluding ortho intramolecular Hbond substituents is 1. The van der Waals surface area contributed by atoms with Crippen molar-refractivity contribution in [3.63, 3.8) is 0 Å². The average Bonchev–Trinajstić information content (AvgIpc) is 2.43. The third-order valence-corrected chi connectivity index (χ3v) is 4.13. The zero-order chi connectivity index (χ0) is 14.1. The first-order chi connectivity index (χ1) is 9.65. The lowest BCUT2D eigenvalue weighted by atomic mass is 10.3. The number of halogens is 1. The van der Waals surface area contributed by atoms with E-state index in [-0.39, 0.29) is 11.7 Å². The topological polar surface area (TPSA) is 73.7 Å². The molecule has 0 aromatic heterocycles. The highest BCUT2D eigenvalue weighted by atomic mass is 35.5. The molecule has 1 unspecified atom stereocenters. The number of aromatic hydroxyl groups is 1. The molecule has 0 fully saturated rings. The van der Waals surface area contributed by atoms with Crippen LogP contribution < -0.4 is 10.6 Å². The number of rotatable bonds is 1. The van der Waals surface area contributed by atoms with Crippen LogP contribution in [0.1, 0.15) is 0 Å². The molecule has 20 heavy (non-hydrogen) atoms. The van der Waals surface area contributed by atoms with Crippen molar-refractivity contribution in [1.29, 1.82) is 0 Å². The Kier molecular flexibility index (Phi) is 3.33. The van der Waals surface area contributed by atoms with E-state index in [9.17, 15) is 9.32 Å². The van der Waals surface area contributed by atoms with Gasteiger partial charge in [-0.1, -0.05) is 29.8 Å². The van der Waals surface area contributed by atoms with Crippen LogP contribution in [0.15, 0.2) is 51.8 Å². The Morgan fingerprint density at radius 3 is 2.80 bits per heavy atom. The Morgan fingerprint density at radius 2 is 2.00 bits per heavy atom. The van der Waals surface area contributed by atoms with Gasteiger partial charge in [0.1, 0.15) is 11.4 Å². The van der Waals surface area contributed by atoms with Crippen LogP contribution in [0.3, 0.4) is 0 Å². The van der Waals surface area contributed by atoms with E-state index in [1.54, 1.807) is 24.3 Å². The molecule has 3 N–H and O–H groups in total. The van der Waals surface area contributed by atoms with Crippen LogP contribution in [0.2, 0.25) is 5.02 Å². The van der Waals surface area contributed by atoms with Crippen LogP contribution in [0.25, 0.3) is 0 Å².